The fourth-order valence-electron chi connectivity index (χ4n) is 2.47. The lowest BCUT2D eigenvalue weighted by atomic mass is 10.1. The summed E-state index contributed by atoms with van der Waals surface area (Å²) in [6.45, 7) is 4.75. The molecule has 0 bridgehead atoms. The first-order chi connectivity index (χ1) is 8.62. The Hall–Kier alpha value is -0.843. The van der Waals surface area contributed by atoms with Gasteiger partial charge < -0.3 is 14.8 Å². The number of rotatable bonds is 7. The molecule has 0 spiro atoms. The van der Waals surface area contributed by atoms with Crippen molar-refractivity contribution in [2.75, 3.05) is 26.1 Å². The molecule has 1 aromatic rings. The van der Waals surface area contributed by atoms with Gasteiger partial charge in [-0.2, -0.15) is 0 Å². The van der Waals surface area contributed by atoms with Gasteiger partial charge in [-0.25, -0.2) is 0 Å². The predicted molar refractivity (Wildman–Crippen MR) is 79.5 cm³/mol. The topological polar surface area (TPSA) is 41.5 Å². The van der Waals surface area contributed by atoms with E-state index in [0.29, 0.717) is 6.61 Å². The first-order valence-electron chi connectivity index (χ1n) is 6.60. The van der Waals surface area contributed by atoms with Gasteiger partial charge in [0.25, 0.3) is 0 Å². The van der Waals surface area contributed by atoms with Gasteiger partial charge in [-0.3, -0.25) is 0 Å². The van der Waals surface area contributed by atoms with Crippen LogP contribution in [0.25, 0.3) is 0 Å². The van der Waals surface area contributed by atoms with Crippen LogP contribution in [0.5, 0.6) is 0 Å². The summed E-state index contributed by atoms with van der Waals surface area (Å²) in [5, 5.41) is 3.21. The summed E-state index contributed by atoms with van der Waals surface area (Å²) in [6, 6.07) is 9.90. The highest BCUT2D eigenvalue weighted by Crippen LogP contribution is 2.35. The zero-order valence-corrected chi connectivity index (χ0v) is 12.9. The van der Waals surface area contributed by atoms with Crippen molar-refractivity contribution in [3.8, 4) is 0 Å². The lowest BCUT2D eigenvalue weighted by Gasteiger charge is -2.33. The van der Waals surface area contributed by atoms with Crippen LogP contribution in [-0.2, 0) is 4.74 Å². The van der Waals surface area contributed by atoms with Gasteiger partial charge in [0, 0.05) is 25.4 Å². The summed E-state index contributed by atoms with van der Waals surface area (Å²) in [7, 11) is 1.32. The highest BCUT2D eigenvalue weighted by atomic mass is 28.4. The molecule has 1 unspecified atom stereocenters. The minimum Gasteiger partial charge on any atom is -0.431 e. The molecule has 4 heteroatoms. The molecule has 0 aliphatic heterocycles. The van der Waals surface area contributed by atoms with Crippen molar-refractivity contribution >= 4 is 14.0 Å². The maximum absolute atomic E-state index is 10.9. The molecule has 102 valence electrons. The van der Waals surface area contributed by atoms with Crippen LogP contribution in [0, 0.1) is 0 Å². The van der Waals surface area contributed by atoms with E-state index >= 15 is 0 Å². The number of para-hydroxylation sites is 1. The average Bonchev–Trinajstić information content (AvgIpc) is 2.44. The number of anilines is 1. The van der Waals surface area contributed by atoms with E-state index in [1.54, 1.807) is 7.11 Å². The van der Waals surface area contributed by atoms with Crippen LogP contribution in [0.4, 0.5) is 5.69 Å². The highest BCUT2D eigenvalue weighted by Gasteiger charge is 2.38. The largest absolute Gasteiger partial charge is 0.431 e. The molecule has 0 aliphatic carbocycles. The maximum Gasteiger partial charge on any atom is 0.197 e. The van der Waals surface area contributed by atoms with Crippen molar-refractivity contribution in [2.45, 2.75) is 31.5 Å². The van der Waals surface area contributed by atoms with Crippen LogP contribution >= 0.6 is 0 Å². The van der Waals surface area contributed by atoms with E-state index in [9.17, 15) is 4.80 Å². The first-order valence-corrected chi connectivity index (χ1v) is 9.04. The highest BCUT2D eigenvalue weighted by molar-refractivity contribution is 6.74. The Labute approximate surface area is 111 Å². The van der Waals surface area contributed by atoms with Crippen LogP contribution < -0.4 is 5.32 Å². The van der Waals surface area contributed by atoms with Crippen LogP contribution in [0.2, 0.25) is 12.1 Å². The predicted octanol–water partition coefficient (Wildman–Crippen LogP) is 2.98. The Morgan fingerprint density at radius 1 is 1.28 bits per heavy atom. The molecule has 1 atom stereocenters. The molecule has 3 nitrogen and oxygen atoms in total. The van der Waals surface area contributed by atoms with Gasteiger partial charge in [0.15, 0.2) is 8.32 Å². The number of hydrogen-bond donors (Lipinski definition) is 2. The summed E-state index contributed by atoms with van der Waals surface area (Å²) >= 11 is 0. The van der Waals surface area contributed by atoms with Crippen molar-refractivity contribution in [3.05, 3.63) is 29.8 Å². The average molecular weight is 267 g/mol. The number of benzene rings is 1. The Morgan fingerprint density at radius 3 is 2.39 bits per heavy atom. The fraction of sp³-hybridized carbons (Fsp3) is 0.571. The van der Waals surface area contributed by atoms with Crippen molar-refractivity contribution < 1.29 is 9.53 Å². The number of hydrogen-bond acceptors (Lipinski definition) is 3. The standard InChI is InChI=1S/C14H25NO2Si/c1-5-18(16,6-2)14(11-17-4)12-9-7-8-10-13(12)15-3/h7-10,14-16H,5-6,11H2,1-4H3. The van der Waals surface area contributed by atoms with Gasteiger partial charge in [0.1, 0.15) is 0 Å². The van der Waals surface area contributed by atoms with E-state index in [-0.39, 0.29) is 5.54 Å². The molecule has 0 fully saturated rings. The number of ether oxygens (including phenoxy) is 1. The van der Waals surface area contributed by atoms with Crippen molar-refractivity contribution in [2.24, 2.45) is 0 Å². The van der Waals surface area contributed by atoms with Crippen molar-refractivity contribution in [3.63, 3.8) is 0 Å². The van der Waals surface area contributed by atoms with Gasteiger partial charge in [0.05, 0.1) is 6.61 Å². The molecular weight excluding hydrogens is 242 g/mol. The molecule has 18 heavy (non-hydrogen) atoms. The molecule has 1 aromatic carbocycles. The summed E-state index contributed by atoms with van der Waals surface area (Å²) in [5.74, 6) is 0. The summed E-state index contributed by atoms with van der Waals surface area (Å²) < 4.78 is 5.35. The Bertz CT molecular complexity index is 367. The minimum atomic E-state index is -2.30. The molecule has 2 N–H and O–H groups in total. The second-order valence-electron chi connectivity index (χ2n) is 4.66. The Kier molecular flexibility index (Phi) is 5.85. The number of nitrogens with one attached hydrogen (secondary N) is 1. The molecular formula is C14H25NO2Si. The maximum atomic E-state index is 10.9. The van der Waals surface area contributed by atoms with Gasteiger partial charge >= 0.3 is 0 Å². The van der Waals surface area contributed by atoms with Crippen molar-refractivity contribution in [1.29, 1.82) is 0 Å². The molecule has 0 aliphatic rings. The minimum absolute atomic E-state index is 0.126. The van der Waals surface area contributed by atoms with Gasteiger partial charge in [-0.15, -0.1) is 0 Å². The lowest BCUT2D eigenvalue weighted by Crippen LogP contribution is -2.43. The van der Waals surface area contributed by atoms with E-state index in [1.807, 2.05) is 19.2 Å². The van der Waals surface area contributed by atoms with Crippen LogP contribution in [0.15, 0.2) is 24.3 Å². The molecule has 0 radical (unpaired) electrons. The van der Waals surface area contributed by atoms with Crippen LogP contribution in [0.3, 0.4) is 0 Å². The fourth-order valence-corrected chi connectivity index (χ4v) is 5.27. The van der Waals surface area contributed by atoms with Crippen LogP contribution in [0.1, 0.15) is 25.0 Å². The molecule has 0 amide bonds. The first kappa shape index (κ1) is 15.2. The van der Waals surface area contributed by atoms with E-state index in [2.05, 4.69) is 31.3 Å². The van der Waals surface area contributed by atoms with E-state index < -0.39 is 8.32 Å². The molecule has 0 aromatic heterocycles. The Balaban J connectivity index is 3.18. The normalized spacial score (nSPS) is 13.4. The van der Waals surface area contributed by atoms with Crippen molar-refractivity contribution in [1.82, 2.24) is 0 Å². The zero-order chi connectivity index (χ0) is 13.6. The molecule has 0 saturated heterocycles. The van der Waals surface area contributed by atoms with E-state index in [4.69, 9.17) is 4.74 Å². The Morgan fingerprint density at radius 2 is 1.89 bits per heavy atom. The van der Waals surface area contributed by atoms with Crippen LogP contribution in [-0.4, -0.2) is 33.9 Å². The van der Waals surface area contributed by atoms with Gasteiger partial charge in [0.2, 0.25) is 0 Å². The quantitative estimate of drug-likeness (QED) is 0.746. The SMILES string of the molecule is CC[Si](O)(CC)C(COC)c1ccccc1NC. The van der Waals surface area contributed by atoms with Gasteiger partial charge in [-0.1, -0.05) is 32.0 Å². The molecule has 0 heterocycles. The van der Waals surface area contributed by atoms with Gasteiger partial charge in [-0.05, 0) is 23.7 Å². The summed E-state index contributed by atoms with van der Waals surface area (Å²) in [5.41, 5.74) is 2.40. The lowest BCUT2D eigenvalue weighted by molar-refractivity contribution is 0.190. The third-order valence-corrected chi connectivity index (χ3v) is 8.04. The second kappa shape index (κ2) is 6.92. The third-order valence-electron chi connectivity index (χ3n) is 3.81. The van der Waals surface area contributed by atoms with E-state index in [0.717, 1.165) is 17.8 Å². The third kappa shape index (κ3) is 3.13. The summed E-state index contributed by atoms with van der Waals surface area (Å²) in [4.78, 5) is 10.9. The van der Waals surface area contributed by atoms with E-state index in [1.165, 1.54) is 5.56 Å². The second-order valence-corrected chi connectivity index (χ2v) is 8.97. The zero-order valence-electron chi connectivity index (χ0n) is 11.9. The molecule has 1 rings (SSSR count). The summed E-state index contributed by atoms with van der Waals surface area (Å²) in [6.07, 6.45) is 0. The molecule has 0 saturated carbocycles. The number of methoxy groups -OCH3 is 1. The smallest absolute Gasteiger partial charge is 0.197 e. The monoisotopic (exact) mass is 267 g/mol.